The van der Waals surface area contributed by atoms with Crippen LogP contribution in [0.4, 0.5) is 0 Å². The smallest absolute Gasteiger partial charge is 0.179 e. The average Bonchev–Trinajstić information content (AvgIpc) is 2.47. The Morgan fingerprint density at radius 1 is 1.17 bits per heavy atom. The lowest BCUT2D eigenvalue weighted by Gasteiger charge is -2.34. The van der Waals surface area contributed by atoms with Gasteiger partial charge in [-0.25, -0.2) is 0 Å². The summed E-state index contributed by atoms with van der Waals surface area (Å²) in [5, 5.41) is 0. The summed E-state index contributed by atoms with van der Waals surface area (Å²) in [7, 11) is 2.10. The molecule has 2 nitrogen and oxygen atoms in total. The predicted octanol–water partition coefficient (Wildman–Crippen LogP) is 3.52. The van der Waals surface area contributed by atoms with Crippen LogP contribution < -0.4 is 0 Å². The maximum atomic E-state index is 12.4. The van der Waals surface area contributed by atoms with Gasteiger partial charge in [-0.1, -0.05) is 49.6 Å². The van der Waals surface area contributed by atoms with Gasteiger partial charge in [0.05, 0.1) is 6.04 Å². The van der Waals surface area contributed by atoms with E-state index in [1.165, 1.54) is 32.1 Å². The lowest BCUT2D eigenvalue weighted by atomic mass is 9.92. The minimum absolute atomic E-state index is 0.0181. The van der Waals surface area contributed by atoms with Crippen molar-refractivity contribution in [3.63, 3.8) is 0 Å². The Labute approximate surface area is 110 Å². The standard InChI is InChI=1S/C16H23NO/c1-13(16(18)14-9-5-3-6-10-14)17(2)15-11-7-4-8-12-15/h3,5-6,9-10,13,15H,4,7-8,11-12H2,1-2H3. The van der Waals surface area contributed by atoms with Crippen molar-refractivity contribution in [2.45, 2.75) is 51.1 Å². The number of ketones is 1. The van der Waals surface area contributed by atoms with Crippen LogP contribution in [-0.2, 0) is 0 Å². The first-order valence-corrected chi connectivity index (χ1v) is 7.01. The SMILES string of the molecule is CC(C(=O)c1ccccc1)N(C)C1CCCCC1. The molecule has 1 aromatic carbocycles. The summed E-state index contributed by atoms with van der Waals surface area (Å²) in [6, 6.07) is 10.2. The summed E-state index contributed by atoms with van der Waals surface area (Å²) in [6.45, 7) is 2.03. The van der Waals surface area contributed by atoms with E-state index >= 15 is 0 Å². The highest BCUT2D eigenvalue weighted by Crippen LogP contribution is 2.23. The van der Waals surface area contributed by atoms with Gasteiger partial charge in [0.1, 0.15) is 0 Å². The molecule has 0 aliphatic heterocycles. The van der Waals surface area contributed by atoms with Gasteiger partial charge in [0, 0.05) is 11.6 Å². The maximum Gasteiger partial charge on any atom is 0.179 e. The van der Waals surface area contributed by atoms with Gasteiger partial charge in [-0.05, 0) is 26.8 Å². The molecule has 0 amide bonds. The van der Waals surface area contributed by atoms with E-state index in [1.807, 2.05) is 37.3 Å². The Balaban J connectivity index is 2.01. The first kappa shape index (κ1) is 13.3. The number of rotatable bonds is 4. The highest BCUT2D eigenvalue weighted by molar-refractivity contribution is 5.99. The fraction of sp³-hybridized carbons (Fsp3) is 0.562. The number of hydrogen-bond acceptors (Lipinski definition) is 2. The zero-order valence-corrected chi connectivity index (χ0v) is 11.4. The van der Waals surface area contributed by atoms with Crippen LogP contribution in [0.5, 0.6) is 0 Å². The van der Waals surface area contributed by atoms with Crippen LogP contribution in [0.2, 0.25) is 0 Å². The topological polar surface area (TPSA) is 20.3 Å². The Morgan fingerprint density at radius 3 is 2.39 bits per heavy atom. The number of hydrogen-bond donors (Lipinski definition) is 0. The Bertz CT molecular complexity index is 381. The van der Waals surface area contributed by atoms with Crippen LogP contribution in [0, 0.1) is 0 Å². The molecule has 0 bridgehead atoms. The molecule has 18 heavy (non-hydrogen) atoms. The molecular formula is C16H23NO. The van der Waals surface area contributed by atoms with Gasteiger partial charge in [0.15, 0.2) is 5.78 Å². The van der Waals surface area contributed by atoms with E-state index in [-0.39, 0.29) is 11.8 Å². The quantitative estimate of drug-likeness (QED) is 0.756. The summed E-state index contributed by atoms with van der Waals surface area (Å²) in [6.07, 6.45) is 6.44. The third-order valence-electron chi connectivity index (χ3n) is 4.20. The number of Topliss-reactive ketones (excluding diaryl/α,β-unsaturated/α-hetero) is 1. The molecule has 0 heterocycles. The minimum atomic E-state index is -0.0181. The van der Waals surface area contributed by atoms with Crippen molar-refractivity contribution >= 4 is 5.78 Å². The van der Waals surface area contributed by atoms with Gasteiger partial charge < -0.3 is 0 Å². The molecule has 0 N–H and O–H groups in total. The van der Waals surface area contributed by atoms with Crippen molar-refractivity contribution in [3.8, 4) is 0 Å². The molecule has 0 radical (unpaired) electrons. The zero-order valence-electron chi connectivity index (χ0n) is 11.4. The number of benzene rings is 1. The second-order valence-corrected chi connectivity index (χ2v) is 5.36. The highest BCUT2D eigenvalue weighted by atomic mass is 16.1. The van der Waals surface area contributed by atoms with Crippen LogP contribution in [0.1, 0.15) is 49.4 Å². The Hall–Kier alpha value is -1.15. The lowest BCUT2D eigenvalue weighted by molar-refractivity contribution is 0.0778. The van der Waals surface area contributed by atoms with Gasteiger partial charge in [0.2, 0.25) is 0 Å². The predicted molar refractivity (Wildman–Crippen MR) is 74.9 cm³/mol. The van der Waals surface area contributed by atoms with Crippen LogP contribution in [0.15, 0.2) is 30.3 Å². The van der Waals surface area contributed by atoms with Crippen molar-refractivity contribution in [3.05, 3.63) is 35.9 Å². The van der Waals surface area contributed by atoms with Crippen LogP contribution in [-0.4, -0.2) is 29.8 Å². The van der Waals surface area contributed by atoms with E-state index in [9.17, 15) is 4.79 Å². The average molecular weight is 245 g/mol. The molecule has 98 valence electrons. The van der Waals surface area contributed by atoms with Crippen molar-refractivity contribution in [2.75, 3.05) is 7.05 Å². The van der Waals surface area contributed by atoms with E-state index in [1.54, 1.807) is 0 Å². The van der Waals surface area contributed by atoms with Crippen molar-refractivity contribution < 1.29 is 4.79 Å². The molecule has 1 fully saturated rings. The third-order valence-corrected chi connectivity index (χ3v) is 4.20. The fourth-order valence-electron chi connectivity index (χ4n) is 2.83. The lowest BCUT2D eigenvalue weighted by Crippen LogP contribution is -2.43. The molecule has 1 saturated carbocycles. The molecule has 1 aliphatic carbocycles. The summed E-state index contributed by atoms with van der Waals surface area (Å²) in [5.74, 6) is 0.240. The normalized spacial score (nSPS) is 18.8. The Morgan fingerprint density at radius 2 is 1.78 bits per heavy atom. The number of carbonyl (C=O) groups is 1. The molecular weight excluding hydrogens is 222 g/mol. The molecule has 0 saturated heterocycles. The van der Waals surface area contributed by atoms with Gasteiger partial charge in [-0.15, -0.1) is 0 Å². The second kappa shape index (κ2) is 6.14. The molecule has 1 aliphatic rings. The number of nitrogens with zero attached hydrogens (tertiary/aromatic N) is 1. The van der Waals surface area contributed by atoms with Crippen LogP contribution in [0.25, 0.3) is 0 Å². The number of likely N-dealkylation sites (N-methyl/N-ethyl adjacent to an activating group) is 1. The van der Waals surface area contributed by atoms with E-state index in [0.29, 0.717) is 6.04 Å². The zero-order chi connectivity index (χ0) is 13.0. The van der Waals surface area contributed by atoms with E-state index in [0.717, 1.165) is 5.56 Å². The van der Waals surface area contributed by atoms with Gasteiger partial charge in [-0.3, -0.25) is 9.69 Å². The molecule has 0 aromatic heterocycles. The fourth-order valence-corrected chi connectivity index (χ4v) is 2.83. The molecule has 1 unspecified atom stereocenters. The van der Waals surface area contributed by atoms with E-state index in [4.69, 9.17) is 0 Å². The van der Waals surface area contributed by atoms with Crippen LogP contribution in [0.3, 0.4) is 0 Å². The largest absolute Gasteiger partial charge is 0.294 e. The van der Waals surface area contributed by atoms with Crippen molar-refractivity contribution in [2.24, 2.45) is 0 Å². The van der Waals surface area contributed by atoms with E-state index < -0.39 is 0 Å². The molecule has 1 atom stereocenters. The van der Waals surface area contributed by atoms with Gasteiger partial charge in [0.25, 0.3) is 0 Å². The first-order valence-electron chi connectivity index (χ1n) is 7.01. The monoisotopic (exact) mass is 245 g/mol. The summed E-state index contributed by atoms with van der Waals surface area (Å²) >= 11 is 0. The van der Waals surface area contributed by atoms with Gasteiger partial charge >= 0.3 is 0 Å². The van der Waals surface area contributed by atoms with Crippen molar-refractivity contribution in [1.82, 2.24) is 4.90 Å². The third kappa shape index (κ3) is 2.99. The Kier molecular flexibility index (Phi) is 4.54. The molecule has 0 spiro atoms. The molecule has 2 heteroatoms. The minimum Gasteiger partial charge on any atom is -0.294 e. The van der Waals surface area contributed by atoms with Crippen molar-refractivity contribution in [1.29, 1.82) is 0 Å². The summed E-state index contributed by atoms with van der Waals surface area (Å²) < 4.78 is 0. The highest BCUT2D eigenvalue weighted by Gasteiger charge is 2.26. The molecule has 2 rings (SSSR count). The molecule has 1 aromatic rings. The second-order valence-electron chi connectivity index (χ2n) is 5.36. The summed E-state index contributed by atoms with van der Waals surface area (Å²) in [5.41, 5.74) is 0.827. The summed E-state index contributed by atoms with van der Waals surface area (Å²) in [4.78, 5) is 14.7. The van der Waals surface area contributed by atoms with Gasteiger partial charge in [-0.2, -0.15) is 0 Å². The first-order chi connectivity index (χ1) is 8.70. The number of carbonyl (C=O) groups excluding carboxylic acids is 1. The maximum absolute atomic E-state index is 12.4. The van der Waals surface area contributed by atoms with E-state index in [2.05, 4.69) is 11.9 Å². The van der Waals surface area contributed by atoms with Crippen LogP contribution >= 0.6 is 0 Å².